The fourth-order valence-corrected chi connectivity index (χ4v) is 2.82. The SMILES string of the molecule is CC1(C)C=Cc2cc3c(nc2=C1)C(=O)CC(C)(C)C=3. The van der Waals surface area contributed by atoms with Gasteiger partial charge in [-0.25, -0.2) is 4.98 Å². The van der Waals surface area contributed by atoms with Crippen molar-refractivity contribution in [2.24, 2.45) is 10.8 Å². The molecule has 98 valence electrons. The molecule has 0 unspecified atom stereocenters. The highest BCUT2D eigenvalue weighted by Crippen LogP contribution is 2.27. The van der Waals surface area contributed by atoms with Gasteiger partial charge in [0, 0.05) is 22.6 Å². The molecule has 0 bridgehead atoms. The molecule has 3 rings (SSSR count). The first-order chi connectivity index (χ1) is 8.76. The van der Waals surface area contributed by atoms with Gasteiger partial charge in [0.2, 0.25) is 0 Å². The average molecular weight is 253 g/mol. The molecule has 1 aromatic rings. The lowest BCUT2D eigenvalue weighted by atomic mass is 9.80. The molecule has 0 saturated heterocycles. The fraction of sp³-hybridized carbons (Fsp3) is 0.412. The molecule has 0 radical (unpaired) electrons. The Bertz CT molecular complexity index is 720. The van der Waals surface area contributed by atoms with Crippen LogP contribution >= 0.6 is 0 Å². The van der Waals surface area contributed by atoms with Crippen molar-refractivity contribution in [1.82, 2.24) is 4.98 Å². The Morgan fingerprint density at radius 1 is 1.16 bits per heavy atom. The summed E-state index contributed by atoms with van der Waals surface area (Å²) in [4.78, 5) is 16.8. The second kappa shape index (κ2) is 3.66. The molecule has 0 amide bonds. The van der Waals surface area contributed by atoms with E-state index in [1.807, 2.05) is 0 Å². The molecule has 0 aliphatic heterocycles. The van der Waals surface area contributed by atoms with Gasteiger partial charge in [0.05, 0.1) is 5.35 Å². The Kier molecular flexibility index (Phi) is 2.38. The van der Waals surface area contributed by atoms with Crippen LogP contribution in [0.25, 0.3) is 18.2 Å². The number of carbonyl (C=O) groups excluding carboxylic acids is 1. The number of pyridine rings is 1. The minimum absolute atomic E-state index is 0.00887. The number of carbonyl (C=O) groups is 1. The molecular weight excluding hydrogens is 234 g/mol. The van der Waals surface area contributed by atoms with Crippen LogP contribution in [0.1, 0.15) is 50.2 Å². The highest BCUT2D eigenvalue weighted by Gasteiger charge is 2.27. The monoisotopic (exact) mass is 253 g/mol. The van der Waals surface area contributed by atoms with E-state index >= 15 is 0 Å². The third-order valence-electron chi connectivity index (χ3n) is 3.74. The van der Waals surface area contributed by atoms with Crippen molar-refractivity contribution in [3.8, 4) is 0 Å². The topological polar surface area (TPSA) is 30.0 Å². The zero-order valence-electron chi connectivity index (χ0n) is 11.9. The maximum absolute atomic E-state index is 12.2. The second-order valence-electron chi connectivity index (χ2n) is 6.93. The average Bonchev–Trinajstić information content (AvgIpc) is 2.25. The van der Waals surface area contributed by atoms with Crippen LogP contribution in [0, 0.1) is 10.8 Å². The van der Waals surface area contributed by atoms with Crippen LogP contribution < -0.4 is 10.6 Å². The molecule has 0 atom stereocenters. The van der Waals surface area contributed by atoms with E-state index in [1.165, 1.54) is 0 Å². The lowest BCUT2D eigenvalue weighted by Gasteiger charge is -2.24. The van der Waals surface area contributed by atoms with E-state index < -0.39 is 0 Å². The van der Waals surface area contributed by atoms with E-state index in [4.69, 9.17) is 0 Å². The largest absolute Gasteiger partial charge is 0.292 e. The van der Waals surface area contributed by atoms with Crippen LogP contribution in [0.2, 0.25) is 0 Å². The molecule has 2 nitrogen and oxygen atoms in total. The molecule has 0 N–H and O–H groups in total. The number of rotatable bonds is 0. The summed E-state index contributed by atoms with van der Waals surface area (Å²) in [5.74, 6) is 0.158. The number of ketones is 1. The number of allylic oxidation sites excluding steroid dienone is 1. The van der Waals surface area contributed by atoms with Crippen molar-refractivity contribution in [1.29, 1.82) is 0 Å². The van der Waals surface area contributed by atoms with Gasteiger partial charge in [0.25, 0.3) is 0 Å². The minimum Gasteiger partial charge on any atom is -0.292 e. The predicted octanol–water partition coefficient (Wildman–Crippen LogP) is 2.31. The van der Waals surface area contributed by atoms with Crippen LogP contribution in [0.5, 0.6) is 0 Å². The first-order valence-corrected chi connectivity index (χ1v) is 6.75. The van der Waals surface area contributed by atoms with Gasteiger partial charge < -0.3 is 0 Å². The van der Waals surface area contributed by atoms with Gasteiger partial charge in [0.15, 0.2) is 5.78 Å². The summed E-state index contributed by atoms with van der Waals surface area (Å²) in [7, 11) is 0. The van der Waals surface area contributed by atoms with E-state index in [0.29, 0.717) is 12.1 Å². The summed E-state index contributed by atoms with van der Waals surface area (Å²) in [6.45, 7) is 8.48. The quantitative estimate of drug-likeness (QED) is 0.710. The van der Waals surface area contributed by atoms with Crippen molar-refractivity contribution in [2.45, 2.75) is 34.1 Å². The highest BCUT2D eigenvalue weighted by molar-refractivity contribution is 5.97. The molecule has 1 aromatic heterocycles. The first-order valence-electron chi connectivity index (χ1n) is 6.75. The number of hydrogen-bond donors (Lipinski definition) is 0. The Labute approximate surface area is 113 Å². The summed E-state index contributed by atoms with van der Waals surface area (Å²) in [5, 5.41) is 1.92. The Morgan fingerprint density at radius 2 is 1.89 bits per heavy atom. The highest BCUT2D eigenvalue weighted by atomic mass is 16.1. The van der Waals surface area contributed by atoms with Gasteiger partial charge in [-0.3, -0.25) is 4.79 Å². The van der Waals surface area contributed by atoms with E-state index in [-0.39, 0.29) is 16.6 Å². The smallest absolute Gasteiger partial charge is 0.182 e. The molecule has 19 heavy (non-hydrogen) atoms. The molecule has 0 fully saturated rings. The van der Waals surface area contributed by atoms with Crippen molar-refractivity contribution < 1.29 is 4.79 Å². The molecule has 0 aromatic carbocycles. The number of nitrogens with zero attached hydrogens (tertiary/aromatic N) is 1. The number of fused-ring (bicyclic) bond motifs is 2. The van der Waals surface area contributed by atoms with Crippen LogP contribution in [0.4, 0.5) is 0 Å². The normalized spacial score (nSPS) is 22.0. The van der Waals surface area contributed by atoms with Gasteiger partial charge in [-0.05, 0) is 17.6 Å². The van der Waals surface area contributed by atoms with Crippen molar-refractivity contribution in [2.75, 3.05) is 0 Å². The van der Waals surface area contributed by atoms with Crippen LogP contribution in [-0.2, 0) is 0 Å². The van der Waals surface area contributed by atoms with Crippen LogP contribution in [0.15, 0.2) is 12.1 Å². The lowest BCUT2D eigenvalue weighted by Crippen LogP contribution is -2.35. The fourth-order valence-electron chi connectivity index (χ4n) is 2.82. The van der Waals surface area contributed by atoms with Crippen molar-refractivity contribution in [3.63, 3.8) is 0 Å². The van der Waals surface area contributed by atoms with Crippen LogP contribution in [0.3, 0.4) is 0 Å². The van der Waals surface area contributed by atoms with E-state index in [9.17, 15) is 4.79 Å². The van der Waals surface area contributed by atoms with E-state index in [0.717, 1.165) is 16.1 Å². The van der Waals surface area contributed by atoms with Crippen molar-refractivity contribution in [3.05, 3.63) is 34.0 Å². The Balaban J connectivity index is 2.32. The summed E-state index contributed by atoms with van der Waals surface area (Å²) in [5.41, 5.74) is 1.69. The van der Waals surface area contributed by atoms with Gasteiger partial charge in [-0.1, -0.05) is 45.9 Å². The summed E-state index contributed by atoms with van der Waals surface area (Å²) < 4.78 is 0. The van der Waals surface area contributed by atoms with Gasteiger partial charge in [0.1, 0.15) is 5.69 Å². The Morgan fingerprint density at radius 3 is 2.63 bits per heavy atom. The van der Waals surface area contributed by atoms with Crippen molar-refractivity contribution >= 4 is 24.0 Å². The molecule has 1 heterocycles. The van der Waals surface area contributed by atoms with Crippen LogP contribution in [-0.4, -0.2) is 10.8 Å². The number of hydrogen-bond acceptors (Lipinski definition) is 2. The molecule has 2 heteroatoms. The second-order valence-corrected chi connectivity index (χ2v) is 6.93. The maximum atomic E-state index is 12.2. The first kappa shape index (κ1) is 12.3. The molecule has 2 aliphatic rings. The van der Waals surface area contributed by atoms with E-state index in [2.05, 4.69) is 63.0 Å². The van der Waals surface area contributed by atoms with Gasteiger partial charge >= 0.3 is 0 Å². The summed E-state index contributed by atoms with van der Waals surface area (Å²) >= 11 is 0. The lowest BCUT2D eigenvalue weighted by molar-refractivity contribution is 0.0942. The van der Waals surface area contributed by atoms with E-state index in [1.54, 1.807) is 0 Å². The van der Waals surface area contributed by atoms with Gasteiger partial charge in [-0.15, -0.1) is 0 Å². The standard InChI is InChI=1S/C17H19NO/c1-16(2)6-5-11-7-12-8-17(3,4)10-14(19)15(12)18-13(11)9-16/h5-9H,10H2,1-4H3. The third-order valence-corrected chi connectivity index (χ3v) is 3.74. The minimum atomic E-state index is -0.0681. The molecule has 0 spiro atoms. The number of Topliss-reactive ketones (excluding diaryl/α,β-unsaturated/α-hetero) is 1. The third kappa shape index (κ3) is 2.16. The maximum Gasteiger partial charge on any atom is 0.182 e. The van der Waals surface area contributed by atoms with Gasteiger partial charge in [-0.2, -0.15) is 0 Å². The summed E-state index contributed by atoms with van der Waals surface area (Å²) in [6.07, 6.45) is 9.15. The zero-order chi connectivity index (χ0) is 13.8. The molecular formula is C17H19NO. The predicted molar refractivity (Wildman–Crippen MR) is 78.0 cm³/mol. The zero-order valence-corrected chi connectivity index (χ0v) is 11.9. The number of aromatic nitrogens is 1. The molecule has 0 saturated carbocycles. The summed E-state index contributed by atoms with van der Waals surface area (Å²) in [6, 6.07) is 2.10. The Hall–Kier alpha value is -1.70. The molecule has 2 aliphatic carbocycles.